The van der Waals surface area contributed by atoms with Crippen LogP contribution in [0.1, 0.15) is 42.3 Å². The highest BCUT2D eigenvalue weighted by molar-refractivity contribution is 6.03. The molecule has 2 aromatic carbocycles. The Morgan fingerprint density at radius 3 is 2.35 bits per heavy atom. The van der Waals surface area contributed by atoms with Gasteiger partial charge in [-0.2, -0.15) is 0 Å². The molecule has 0 radical (unpaired) electrons. The molecule has 0 aliphatic heterocycles. The Labute approximate surface area is 120 Å². The fourth-order valence-corrected chi connectivity index (χ4v) is 2.32. The number of hydrogen-bond acceptors (Lipinski definition) is 2. The molecule has 2 nitrogen and oxygen atoms in total. The van der Waals surface area contributed by atoms with E-state index in [0.29, 0.717) is 5.69 Å². The highest BCUT2D eigenvalue weighted by atomic mass is 16.1. The number of anilines is 1. The van der Waals surface area contributed by atoms with Gasteiger partial charge in [-0.15, -0.1) is 0 Å². The molecule has 0 aromatic heterocycles. The second-order valence-electron chi connectivity index (χ2n) is 5.63. The van der Waals surface area contributed by atoms with E-state index in [4.69, 9.17) is 5.73 Å². The summed E-state index contributed by atoms with van der Waals surface area (Å²) < 4.78 is 0. The molecule has 2 rings (SSSR count). The number of carbonyl (C=O) groups excluding carboxylic acids is 1. The first kappa shape index (κ1) is 14.3. The number of rotatable bonds is 4. The second-order valence-corrected chi connectivity index (χ2v) is 5.63. The summed E-state index contributed by atoms with van der Waals surface area (Å²) in [5.41, 5.74) is 8.81. The predicted molar refractivity (Wildman–Crippen MR) is 84.0 cm³/mol. The van der Waals surface area contributed by atoms with Crippen LogP contribution in [0.25, 0.3) is 0 Å². The molecule has 0 atom stereocenters. The lowest BCUT2D eigenvalue weighted by atomic mass is 9.78. The minimum atomic E-state index is -0.555. The molecule has 0 saturated carbocycles. The van der Waals surface area contributed by atoms with Crippen molar-refractivity contribution in [3.63, 3.8) is 0 Å². The minimum Gasteiger partial charge on any atom is -0.399 e. The molecule has 0 fully saturated rings. The molecule has 0 heterocycles. The van der Waals surface area contributed by atoms with Crippen molar-refractivity contribution in [3.05, 3.63) is 65.2 Å². The SMILES string of the molecule is CCc1cccc(C(=O)C(C)(C)c2ccc(N)cc2)c1. The number of aryl methyl sites for hydroxylation is 1. The van der Waals surface area contributed by atoms with Gasteiger partial charge in [0.2, 0.25) is 0 Å². The van der Waals surface area contributed by atoms with E-state index in [2.05, 4.69) is 6.92 Å². The first-order valence-corrected chi connectivity index (χ1v) is 6.95. The minimum absolute atomic E-state index is 0.137. The fourth-order valence-electron chi connectivity index (χ4n) is 2.32. The molecule has 20 heavy (non-hydrogen) atoms. The quantitative estimate of drug-likeness (QED) is 0.672. The van der Waals surface area contributed by atoms with Crippen LogP contribution in [0.15, 0.2) is 48.5 Å². The molecule has 0 saturated heterocycles. The maximum Gasteiger partial charge on any atom is 0.172 e. The highest BCUT2D eigenvalue weighted by Gasteiger charge is 2.30. The lowest BCUT2D eigenvalue weighted by Gasteiger charge is -2.24. The molecule has 0 unspecified atom stereocenters. The van der Waals surface area contributed by atoms with Crippen molar-refractivity contribution >= 4 is 11.5 Å². The van der Waals surface area contributed by atoms with Gasteiger partial charge in [-0.05, 0) is 49.6 Å². The number of Topliss-reactive ketones (excluding diaryl/α,β-unsaturated/α-hetero) is 1. The van der Waals surface area contributed by atoms with Gasteiger partial charge >= 0.3 is 0 Å². The zero-order valence-electron chi connectivity index (χ0n) is 12.3. The van der Waals surface area contributed by atoms with Gasteiger partial charge in [-0.3, -0.25) is 4.79 Å². The first-order valence-electron chi connectivity index (χ1n) is 6.95. The molecular formula is C18H21NO. The topological polar surface area (TPSA) is 43.1 Å². The lowest BCUT2D eigenvalue weighted by molar-refractivity contribution is 0.0908. The van der Waals surface area contributed by atoms with E-state index in [1.54, 1.807) is 0 Å². The van der Waals surface area contributed by atoms with Crippen LogP contribution in [-0.2, 0) is 11.8 Å². The Morgan fingerprint density at radius 2 is 1.75 bits per heavy atom. The molecule has 104 valence electrons. The standard InChI is InChI=1S/C18H21NO/c1-4-13-6-5-7-14(12-13)17(20)18(2,3)15-8-10-16(19)11-9-15/h5-12H,4,19H2,1-3H3. The van der Waals surface area contributed by atoms with Crippen LogP contribution >= 0.6 is 0 Å². The zero-order chi connectivity index (χ0) is 14.8. The maximum atomic E-state index is 12.8. The summed E-state index contributed by atoms with van der Waals surface area (Å²) in [6.45, 7) is 6.01. The summed E-state index contributed by atoms with van der Waals surface area (Å²) in [5.74, 6) is 0.137. The smallest absolute Gasteiger partial charge is 0.172 e. The van der Waals surface area contributed by atoms with Crippen LogP contribution in [0.3, 0.4) is 0 Å². The number of nitrogens with two attached hydrogens (primary N) is 1. The molecule has 0 aliphatic rings. The van der Waals surface area contributed by atoms with Crippen molar-refractivity contribution in [1.29, 1.82) is 0 Å². The molecular weight excluding hydrogens is 246 g/mol. The van der Waals surface area contributed by atoms with Crippen molar-refractivity contribution in [3.8, 4) is 0 Å². The van der Waals surface area contributed by atoms with Crippen LogP contribution < -0.4 is 5.73 Å². The van der Waals surface area contributed by atoms with Gasteiger partial charge in [0.05, 0.1) is 5.41 Å². The molecule has 0 bridgehead atoms. The van der Waals surface area contributed by atoms with Gasteiger partial charge in [0.25, 0.3) is 0 Å². The van der Waals surface area contributed by atoms with Gasteiger partial charge in [0.15, 0.2) is 5.78 Å². The summed E-state index contributed by atoms with van der Waals surface area (Å²) >= 11 is 0. The van der Waals surface area contributed by atoms with Gasteiger partial charge in [-0.1, -0.05) is 37.3 Å². The summed E-state index contributed by atoms with van der Waals surface area (Å²) in [6.07, 6.45) is 0.934. The van der Waals surface area contributed by atoms with Crippen LogP contribution in [0, 0.1) is 0 Å². The van der Waals surface area contributed by atoms with Gasteiger partial charge in [-0.25, -0.2) is 0 Å². The normalized spacial score (nSPS) is 11.3. The molecule has 0 spiro atoms. The number of nitrogen functional groups attached to an aromatic ring is 1. The highest BCUT2D eigenvalue weighted by Crippen LogP contribution is 2.28. The maximum absolute atomic E-state index is 12.8. The molecule has 2 aromatic rings. The Morgan fingerprint density at radius 1 is 1.10 bits per heavy atom. The lowest BCUT2D eigenvalue weighted by Crippen LogP contribution is -2.29. The van der Waals surface area contributed by atoms with E-state index in [9.17, 15) is 4.79 Å². The van der Waals surface area contributed by atoms with Gasteiger partial charge in [0, 0.05) is 11.3 Å². The average molecular weight is 267 g/mol. The third-order valence-electron chi connectivity index (χ3n) is 3.80. The molecule has 0 aliphatic carbocycles. The van der Waals surface area contributed by atoms with Crippen molar-refractivity contribution in [2.24, 2.45) is 0 Å². The van der Waals surface area contributed by atoms with Crippen LogP contribution in [0.5, 0.6) is 0 Å². The van der Waals surface area contributed by atoms with E-state index < -0.39 is 5.41 Å². The number of hydrogen-bond donors (Lipinski definition) is 1. The summed E-state index contributed by atoms with van der Waals surface area (Å²) in [7, 11) is 0. The monoisotopic (exact) mass is 267 g/mol. The summed E-state index contributed by atoms with van der Waals surface area (Å²) in [6, 6.07) is 15.4. The van der Waals surface area contributed by atoms with Crippen molar-refractivity contribution in [1.82, 2.24) is 0 Å². The van der Waals surface area contributed by atoms with Crippen molar-refractivity contribution in [2.45, 2.75) is 32.6 Å². The predicted octanol–water partition coefficient (Wildman–Crippen LogP) is 3.99. The first-order chi connectivity index (χ1) is 9.45. The van der Waals surface area contributed by atoms with E-state index in [1.165, 1.54) is 5.56 Å². The Kier molecular flexibility index (Phi) is 3.93. The van der Waals surface area contributed by atoms with E-state index in [-0.39, 0.29) is 5.78 Å². The number of carbonyl (C=O) groups is 1. The van der Waals surface area contributed by atoms with E-state index in [1.807, 2.05) is 62.4 Å². The van der Waals surface area contributed by atoms with Crippen molar-refractivity contribution < 1.29 is 4.79 Å². The third-order valence-corrected chi connectivity index (χ3v) is 3.80. The summed E-state index contributed by atoms with van der Waals surface area (Å²) in [5, 5.41) is 0. The summed E-state index contributed by atoms with van der Waals surface area (Å²) in [4.78, 5) is 12.8. The van der Waals surface area contributed by atoms with Gasteiger partial charge in [0.1, 0.15) is 0 Å². The van der Waals surface area contributed by atoms with E-state index >= 15 is 0 Å². The van der Waals surface area contributed by atoms with Crippen LogP contribution in [0.2, 0.25) is 0 Å². The van der Waals surface area contributed by atoms with Crippen LogP contribution in [0.4, 0.5) is 5.69 Å². The van der Waals surface area contributed by atoms with E-state index in [0.717, 1.165) is 17.5 Å². The Balaban J connectivity index is 2.37. The zero-order valence-corrected chi connectivity index (χ0v) is 12.3. The Bertz CT molecular complexity index is 612. The largest absolute Gasteiger partial charge is 0.399 e. The molecule has 2 N–H and O–H groups in total. The molecule has 0 amide bonds. The third kappa shape index (κ3) is 2.74. The van der Waals surface area contributed by atoms with Crippen molar-refractivity contribution in [2.75, 3.05) is 5.73 Å². The number of ketones is 1. The molecule has 2 heteroatoms. The Hall–Kier alpha value is -2.09. The second kappa shape index (κ2) is 5.49. The van der Waals surface area contributed by atoms with Crippen LogP contribution in [-0.4, -0.2) is 5.78 Å². The van der Waals surface area contributed by atoms with Gasteiger partial charge < -0.3 is 5.73 Å². The number of benzene rings is 2. The average Bonchev–Trinajstić information content (AvgIpc) is 2.47. The fraction of sp³-hybridized carbons (Fsp3) is 0.278.